The van der Waals surface area contributed by atoms with Crippen LogP contribution in [0.4, 0.5) is 5.69 Å². The molecule has 0 aliphatic rings. The number of carbonyl (C=O) groups is 1. The van der Waals surface area contributed by atoms with Crippen molar-refractivity contribution >= 4 is 60.5 Å². The molecule has 0 fully saturated rings. The van der Waals surface area contributed by atoms with Crippen molar-refractivity contribution in [2.45, 2.75) is 4.90 Å². The van der Waals surface area contributed by atoms with Crippen molar-refractivity contribution in [2.75, 3.05) is 4.72 Å². The number of halogens is 2. The highest BCUT2D eigenvalue weighted by Gasteiger charge is 2.24. The molecule has 0 saturated carbocycles. The molecule has 0 radical (unpaired) electrons. The molecule has 106 valence electrons. The predicted octanol–water partition coefficient (Wildman–Crippen LogP) is 3.66. The zero-order valence-electron chi connectivity index (χ0n) is 9.63. The van der Waals surface area contributed by atoms with Gasteiger partial charge in [-0.05, 0) is 45.6 Å². The van der Waals surface area contributed by atoms with Crippen molar-refractivity contribution in [3.63, 3.8) is 0 Å². The summed E-state index contributed by atoms with van der Waals surface area (Å²) in [6.45, 7) is 0. The van der Waals surface area contributed by atoms with Gasteiger partial charge in [0, 0.05) is 9.50 Å². The number of sulfonamides is 1. The van der Waals surface area contributed by atoms with Crippen molar-refractivity contribution in [3.8, 4) is 0 Å². The molecular weight excluding hydrogens is 390 g/mol. The van der Waals surface area contributed by atoms with E-state index in [9.17, 15) is 13.2 Å². The van der Waals surface area contributed by atoms with Gasteiger partial charge in [-0.25, -0.2) is 13.2 Å². The maximum atomic E-state index is 12.2. The lowest BCUT2D eigenvalue weighted by Crippen LogP contribution is -2.15. The molecule has 2 N–H and O–H groups in total. The molecule has 0 spiro atoms. The summed E-state index contributed by atoms with van der Waals surface area (Å²) in [5.41, 5.74) is 0.236. The van der Waals surface area contributed by atoms with Gasteiger partial charge < -0.3 is 5.11 Å². The SMILES string of the molecule is O=C(O)c1sccc1S(=O)(=O)Nc1cc(Cl)ccc1Br. The van der Waals surface area contributed by atoms with Gasteiger partial charge in [-0.1, -0.05) is 11.6 Å². The predicted molar refractivity (Wildman–Crippen MR) is 81.2 cm³/mol. The lowest BCUT2D eigenvalue weighted by atomic mass is 10.3. The average molecular weight is 397 g/mol. The fourth-order valence-corrected chi connectivity index (χ4v) is 4.42. The average Bonchev–Trinajstić information content (AvgIpc) is 2.83. The number of hydrogen-bond donors (Lipinski definition) is 2. The molecule has 0 amide bonds. The van der Waals surface area contributed by atoms with Crippen LogP contribution >= 0.6 is 38.9 Å². The summed E-state index contributed by atoms with van der Waals surface area (Å²) in [7, 11) is -3.99. The minimum Gasteiger partial charge on any atom is -0.477 e. The molecule has 0 aliphatic carbocycles. The molecule has 0 saturated heterocycles. The molecule has 2 aromatic rings. The van der Waals surface area contributed by atoms with Gasteiger partial charge >= 0.3 is 5.97 Å². The van der Waals surface area contributed by atoms with E-state index in [1.54, 1.807) is 12.1 Å². The first-order valence-electron chi connectivity index (χ1n) is 5.10. The van der Waals surface area contributed by atoms with Gasteiger partial charge in [-0.2, -0.15) is 0 Å². The zero-order valence-corrected chi connectivity index (χ0v) is 13.6. The monoisotopic (exact) mass is 395 g/mol. The first-order valence-corrected chi connectivity index (χ1v) is 8.63. The van der Waals surface area contributed by atoms with Crippen LogP contribution in [0.3, 0.4) is 0 Å². The van der Waals surface area contributed by atoms with E-state index in [4.69, 9.17) is 16.7 Å². The van der Waals surface area contributed by atoms with E-state index in [1.165, 1.54) is 17.5 Å². The van der Waals surface area contributed by atoms with Crippen molar-refractivity contribution in [1.29, 1.82) is 0 Å². The van der Waals surface area contributed by atoms with Crippen molar-refractivity contribution < 1.29 is 18.3 Å². The fraction of sp³-hybridized carbons (Fsp3) is 0. The van der Waals surface area contributed by atoms with Crippen molar-refractivity contribution in [1.82, 2.24) is 0 Å². The van der Waals surface area contributed by atoms with Gasteiger partial charge in [0.15, 0.2) is 0 Å². The second-order valence-corrected chi connectivity index (χ2v) is 7.51. The second kappa shape index (κ2) is 5.72. The first-order chi connectivity index (χ1) is 9.31. The Morgan fingerprint density at radius 1 is 1.35 bits per heavy atom. The van der Waals surface area contributed by atoms with E-state index in [2.05, 4.69) is 20.7 Å². The lowest BCUT2D eigenvalue weighted by Gasteiger charge is -2.09. The number of rotatable bonds is 4. The number of aromatic carboxylic acids is 1. The fourth-order valence-electron chi connectivity index (χ4n) is 1.44. The topological polar surface area (TPSA) is 83.5 Å². The van der Waals surface area contributed by atoms with Crippen LogP contribution in [0.2, 0.25) is 5.02 Å². The highest BCUT2D eigenvalue weighted by molar-refractivity contribution is 9.10. The van der Waals surface area contributed by atoms with E-state index in [1.807, 2.05) is 0 Å². The van der Waals surface area contributed by atoms with Crippen molar-refractivity contribution in [2.24, 2.45) is 0 Å². The molecule has 0 aliphatic heterocycles. The number of nitrogens with one attached hydrogen (secondary N) is 1. The summed E-state index contributed by atoms with van der Waals surface area (Å²) >= 11 is 9.85. The lowest BCUT2D eigenvalue weighted by molar-refractivity contribution is 0.0698. The molecule has 1 aromatic heterocycles. The summed E-state index contributed by atoms with van der Waals surface area (Å²) in [5, 5.41) is 10.7. The van der Waals surface area contributed by atoms with Gasteiger partial charge in [0.1, 0.15) is 9.77 Å². The smallest absolute Gasteiger partial charge is 0.347 e. The molecule has 20 heavy (non-hydrogen) atoms. The zero-order chi connectivity index (χ0) is 14.9. The first kappa shape index (κ1) is 15.3. The molecule has 1 heterocycles. The van der Waals surface area contributed by atoms with Crippen LogP contribution in [0.15, 0.2) is 39.0 Å². The number of thiophene rings is 1. The summed E-state index contributed by atoms with van der Waals surface area (Å²) in [5.74, 6) is -1.29. The minimum absolute atomic E-state index is 0.236. The number of anilines is 1. The largest absolute Gasteiger partial charge is 0.477 e. The Morgan fingerprint density at radius 3 is 2.70 bits per heavy atom. The van der Waals surface area contributed by atoms with Gasteiger partial charge in [0.05, 0.1) is 5.69 Å². The van der Waals surface area contributed by atoms with E-state index in [0.29, 0.717) is 9.50 Å². The highest BCUT2D eigenvalue weighted by Crippen LogP contribution is 2.30. The maximum absolute atomic E-state index is 12.2. The van der Waals surface area contributed by atoms with Gasteiger partial charge in [0.2, 0.25) is 0 Å². The van der Waals surface area contributed by atoms with Crippen LogP contribution in [-0.4, -0.2) is 19.5 Å². The summed E-state index contributed by atoms with van der Waals surface area (Å²) in [6.07, 6.45) is 0. The highest BCUT2D eigenvalue weighted by atomic mass is 79.9. The molecule has 9 heteroatoms. The molecule has 0 atom stereocenters. The Kier molecular flexibility index (Phi) is 4.38. The third-order valence-electron chi connectivity index (χ3n) is 2.29. The van der Waals surface area contributed by atoms with Crippen LogP contribution in [0.5, 0.6) is 0 Å². The Labute approximate surface area is 132 Å². The van der Waals surface area contributed by atoms with E-state index >= 15 is 0 Å². The molecular formula is C11H7BrClNO4S2. The summed E-state index contributed by atoms with van der Waals surface area (Å²) < 4.78 is 27.2. The Hall–Kier alpha value is -1.09. The molecule has 0 bridgehead atoms. The molecule has 1 aromatic carbocycles. The van der Waals surface area contributed by atoms with Crippen molar-refractivity contribution in [3.05, 3.63) is 44.0 Å². The van der Waals surface area contributed by atoms with E-state index in [0.717, 1.165) is 11.3 Å². The second-order valence-electron chi connectivity index (χ2n) is 3.65. The number of hydrogen-bond acceptors (Lipinski definition) is 4. The Bertz CT molecular complexity index is 772. The van der Waals surface area contributed by atoms with Crippen LogP contribution in [0.1, 0.15) is 9.67 Å². The minimum atomic E-state index is -3.99. The van der Waals surface area contributed by atoms with E-state index < -0.39 is 16.0 Å². The maximum Gasteiger partial charge on any atom is 0.347 e. The normalized spacial score (nSPS) is 11.3. The third kappa shape index (κ3) is 3.14. The van der Waals surface area contributed by atoms with Gasteiger partial charge in [0.25, 0.3) is 10.0 Å². The Morgan fingerprint density at radius 2 is 2.05 bits per heavy atom. The molecule has 2 rings (SSSR count). The molecule has 5 nitrogen and oxygen atoms in total. The summed E-state index contributed by atoms with van der Waals surface area (Å²) in [4.78, 5) is 10.5. The van der Waals surface area contributed by atoms with Crippen LogP contribution in [0, 0.1) is 0 Å². The number of carboxylic acid groups (broad SMARTS) is 1. The van der Waals surface area contributed by atoms with Crippen LogP contribution in [0.25, 0.3) is 0 Å². The number of benzene rings is 1. The van der Waals surface area contributed by atoms with Crippen LogP contribution < -0.4 is 4.72 Å². The van der Waals surface area contributed by atoms with Gasteiger partial charge in [-0.3, -0.25) is 4.72 Å². The molecule has 0 unspecified atom stereocenters. The Balaban J connectivity index is 2.44. The van der Waals surface area contributed by atoms with E-state index in [-0.39, 0.29) is 15.5 Å². The quantitative estimate of drug-likeness (QED) is 0.826. The number of carboxylic acids is 1. The van der Waals surface area contributed by atoms with Crippen LogP contribution in [-0.2, 0) is 10.0 Å². The summed E-state index contributed by atoms with van der Waals surface area (Å²) in [6, 6.07) is 5.85. The third-order valence-corrected chi connectivity index (χ3v) is 5.65. The van der Waals surface area contributed by atoms with Gasteiger partial charge in [-0.15, -0.1) is 11.3 Å². The standard InChI is InChI=1S/C11H7BrClNO4S2/c12-7-2-1-6(13)5-8(7)14-20(17,18)9-3-4-19-10(9)11(15)16/h1-5,14H,(H,15,16).